The number of piperidine rings is 1. The molecule has 4 heteroatoms. The predicted octanol–water partition coefficient (Wildman–Crippen LogP) is 2.04. The van der Waals surface area contributed by atoms with E-state index in [4.69, 9.17) is 0 Å². The van der Waals surface area contributed by atoms with Crippen molar-refractivity contribution in [1.29, 1.82) is 0 Å². The van der Waals surface area contributed by atoms with Crippen LogP contribution in [0.15, 0.2) is 6.33 Å². The van der Waals surface area contributed by atoms with E-state index < -0.39 is 0 Å². The predicted molar refractivity (Wildman–Crippen MR) is 68.9 cm³/mol. The third kappa shape index (κ3) is 3.06. The fourth-order valence-corrected chi connectivity index (χ4v) is 2.66. The van der Waals surface area contributed by atoms with Gasteiger partial charge < -0.3 is 9.88 Å². The van der Waals surface area contributed by atoms with E-state index in [0.717, 1.165) is 24.7 Å². The Kier molecular flexibility index (Phi) is 4.15. The minimum absolute atomic E-state index is 0.455. The summed E-state index contributed by atoms with van der Waals surface area (Å²) in [5, 5.41) is 11.8. The van der Waals surface area contributed by atoms with Gasteiger partial charge in [0.15, 0.2) is 0 Å². The van der Waals surface area contributed by atoms with Crippen LogP contribution in [-0.4, -0.2) is 27.9 Å². The van der Waals surface area contributed by atoms with Crippen molar-refractivity contribution in [1.82, 2.24) is 20.1 Å². The van der Waals surface area contributed by atoms with Gasteiger partial charge in [0.25, 0.3) is 0 Å². The molecule has 0 bridgehead atoms. The van der Waals surface area contributed by atoms with Crippen molar-refractivity contribution >= 4 is 0 Å². The molecule has 1 aromatic heterocycles. The topological polar surface area (TPSA) is 42.7 Å². The number of hydrogen-bond acceptors (Lipinski definition) is 3. The first kappa shape index (κ1) is 12.6. The highest BCUT2D eigenvalue weighted by molar-refractivity contribution is 4.91. The summed E-state index contributed by atoms with van der Waals surface area (Å²) in [6.07, 6.45) is 5.56. The molecule has 1 N–H and O–H groups in total. The minimum atomic E-state index is 0.455. The molecule has 2 atom stereocenters. The van der Waals surface area contributed by atoms with Gasteiger partial charge in [-0.25, -0.2) is 0 Å². The van der Waals surface area contributed by atoms with Gasteiger partial charge in [0.2, 0.25) is 0 Å². The van der Waals surface area contributed by atoms with Gasteiger partial charge in [-0.05, 0) is 51.6 Å². The molecule has 0 amide bonds. The monoisotopic (exact) mass is 236 g/mol. The number of nitrogens with zero attached hydrogens (tertiary/aromatic N) is 3. The summed E-state index contributed by atoms with van der Waals surface area (Å²) in [5.41, 5.74) is 0. The molecule has 2 unspecified atom stereocenters. The van der Waals surface area contributed by atoms with Gasteiger partial charge in [-0.2, -0.15) is 0 Å². The van der Waals surface area contributed by atoms with E-state index in [1.165, 1.54) is 19.4 Å². The second kappa shape index (κ2) is 5.63. The van der Waals surface area contributed by atoms with Crippen molar-refractivity contribution in [2.45, 2.75) is 46.1 Å². The summed E-state index contributed by atoms with van der Waals surface area (Å²) in [5.74, 6) is 2.61. The standard InChI is InChI=1S/C13H24N4/c1-10(2)17-9-15-16-13(17)7-11(3)12-5-4-6-14-8-12/h9-12,14H,4-8H2,1-3H3. The van der Waals surface area contributed by atoms with E-state index in [9.17, 15) is 0 Å². The SMILES string of the molecule is CC(Cc1nncn1C(C)C)C1CCCNC1. The highest BCUT2D eigenvalue weighted by atomic mass is 15.3. The van der Waals surface area contributed by atoms with Crippen LogP contribution >= 0.6 is 0 Å². The molecule has 0 aromatic carbocycles. The Hall–Kier alpha value is -0.900. The van der Waals surface area contributed by atoms with Crippen LogP contribution in [0.5, 0.6) is 0 Å². The molecule has 2 rings (SSSR count). The minimum Gasteiger partial charge on any atom is -0.316 e. The van der Waals surface area contributed by atoms with Gasteiger partial charge in [-0.3, -0.25) is 0 Å². The molecule has 0 radical (unpaired) electrons. The van der Waals surface area contributed by atoms with Gasteiger partial charge in [-0.15, -0.1) is 10.2 Å². The number of hydrogen-bond donors (Lipinski definition) is 1. The lowest BCUT2D eigenvalue weighted by Gasteiger charge is -2.28. The van der Waals surface area contributed by atoms with E-state index >= 15 is 0 Å². The number of nitrogens with one attached hydrogen (secondary N) is 1. The van der Waals surface area contributed by atoms with E-state index in [2.05, 4.69) is 40.9 Å². The average Bonchev–Trinajstić information content (AvgIpc) is 2.78. The molecule has 1 aliphatic heterocycles. The van der Waals surface area contributed by atoms with Crippen LogP contribution < -0.4 is 5.32 Å². The second-order valence-corrected chi connectivity index (χ2v) is 5.54. The van der Waals surface area contributed by atoms with Crippen molar-refractivity contribution in [3.05, 3.63) is 12.2 Å². The molecule has 4 nitrogen and oxygen atoms in total. The van der Waals surface area contributed by atoms with Crippen LogP contribution in [0.25, 0.3) is 0 Å². The number of aromatic nitrogens is 3. The summed E-state index contributed by atoms with van der Waals surface area (Å²) in [6, 6.07) is 0.455. The van der Waals surface area contributed by atoms with Crippen LogP contribution in [0.2, 0.25) is 0 Å². The third-order valence-corrected chi connectivity index (χ3v) is 3.85. The van der Waals surface area contributed by atoms with E-state index in [0.29, 0.717) is 12.0 Å². The normalized spacial score (nSPS) is 22.9. The van der Waals surface area contributed by atoms with Crippen molar-refractivity contribution in [2.75, 3.05) is 13.1 Å². The zero-order valence-corrected chi connectivity index (χ0v) is 11.2. The second-order valence-electron chi connectivity index (χ2n) is 5.54. The quantitative estimate of drug-likeness (QED) is 0.870. The fourth-order valence-electron chi connectivity index (χ4n) is 2.66. The summed E-state index contributed by atoms with van der Waals surface area (Å²) in [4.78, 5) is 0. The molecule has 1 saturated heterocycles. The van der Waals surface area contributed by atoms with Gasteiger partial charge >= 0.3 is 0 Å². The Balaban J connectivity index is 1.97. The summed E-state index contributed by atoms with van der Waals surface area (Å²) in [7, 11) is 0. The maximum Gasteiger partial charge on any atom is 0.133 e. The van der Waals surface area contributed by atoms with E-state index in [1.54, 1.807) is 0 Å². The maximum atomic E-state index is 4.26. The molecule has 0 spiro atoms. The average molecular weight is 236 g/mol. The van der Waals surface area contributed by atoms with E-state index in [-0.39, 0.29) is 0 Å². The third-order valence-electron chi connectivity index (χ3n) is 3.85. The Morgan fingerprint density at radius 2 is 2.29 bits per heavy atom. The van der Waals surface area contributed by atoms with Crippen LogP contribution in [0.4, 0.5) is 0 Å². The summed E-state index contributed by atoms with van der Waals surface area (Å²) < 4.78 is 2.19. The van der Waals surface area contributed by atoms with Crippen molar-refractivity contribution in [3.8, 4) is 0 Å². The Bertz CT molecular complexity index is 339. The van der Waals surface area contributed by atoms with Crippen molar-refractivity contribution < 1.29 is 0 Å². The molecule has 0 saturated carbocycles. The molecule has 17 heavy (non-hydrogen) atoms. The van der Waals surface area contributed by atoms with E-state index in [1.807, 2.05) is 6.33 Å². The lowest BCUT2D eigenvalue weighted by Crippen LogP contribution is -2.34. The lowest BCUT2D eigenvalue weighted by atomic mass is 9.85. The van der Waals surface area contributed by atoms with Gasteiger partial charge in [0, 0.05) is 12.5 Å². The van der Waals surface area contributed by atoms with Crippen LogP contribution in [0.1, 0.15) is 45.5 Å². The fraction of sp³-hybridized carbons (Fsp3) is 0.846. The first-order valence-corrected chi connectivity index (χ1v) is 6.77. The highest BCUT2D eigenvalue weighted by Gasteiger charge is 2.22. The molecule has 96 valence electrons. The maximum absolute atomic E-state index is 4.26. The Morgan fingerprint density at radius 3 is 2.94 bits per heavy atom. The lowest BCUT2D eigenvalue weighted by molar-refractivity contribution is 0.273. The number of rotatable bonds is 4. The van der Waals surface area contributed by atoms with Gasteiger partial charge in [0.1, 0.15) is 12.2 Å². The van der Waals surface area contributed by atoms with Crippen LogP contribution in [0, 0.1) is 11.8 Å². The molecule has 1 aliphatic rings. The van der Waals surface area contributed by atoms with Crippen molar-refractivity contribution in [3.63, 3.8) is 0 Å². The molecular weight excluding hydrogens is 212 g/mol. The first-order valence-electron chi connectivity index (χ1n) is 6.77. The molecule has 1 fully saturated rings. The molecular formula is C13H24N4. The highest BCUT2D eigenvalue weighted by Crippen LogP contribution is 2.23. The Labute approximate surface area is 104 Å². The molecule has 2 heterocycles. The summed E-state index contributed by atoms with van der Waals surface area (Å²) >= 11 is 0. The van der Waals surface area contributed by atoms with Crippen molar-refractivity contribution in [2.24, 2.45) is 11.8 Å². The zero-order chi connectivity index (χ0) is 12.3. The molecule has 0 aliphatic carbocycles. The largest absolute Gasteiger partial charge is 0.316 e. The van der Waals surface area contributed by atoms with Crippen LogP contribution in [-0.2, 0) is 6.42 Å². The first-order chi connectivity index (χ1) is 8.18. The van der Waals surface area contributed by atoms with Crippen LogP contribution in [0.3, 0.4) is 0 Å². The summed E-state index contributed by atoms with van der Waals surface area (Å²) in [6.45, 7) is 9.05. The molecule has 1 aromatic rings. The zero-order valence-electron chi connectivity index (χ0n) is 11.2. The van der Waals surface area contributed by atoms with Gasteiger partial charge in [-0.1, -0.05) is 6.92 Å². The smallest absolute Gasteiger partial charge is 0.133 e. The van der Waals surface area contributed by atoms with Gasteiger partial charge in [0.05, 0.1) is 0 Å². The Morgan fingerprint density at radius 1 is 1.47 bits per heavy atom.